The first-order valence-electron chi connectivity index (χ1n) is 10.2. The van der Waals surface area contributed by atoms with Crippen molar-refractivity contribution in [3.8, 4) is 16.3 Å². The van der Waals surface area contributed by atoms with Crippen LogP contribution < -0.4 is 4.74 Å². The third kappa shape index (κ3) is 3.92. The molecule has 31 heavy (non-hydrogen) atoms. The number of benzene rings is 1. The Kier molecular flexibility index (Phi) is 5.40. The molecule has 0 aliphatic carbocycles. The van der Waals surface area contributed by atoms with Gasteiger partial charge in [-0.2, -0.15) is 5.10 Å². The van der Waals surface area contributed by atoms with Gasteiger partial charge in [-0.25, -0.2) is 9.50 Å². The van der Waals surface area contributed by atoms with Gasteiger partial charge in [-0.1, -0.05) is 18.2 Å². The van der Waals surface area contributed by atoms with E-state index in [0.717, 1.165) is 36.0 Å². The van der Waals surface area contributed by atoms with Crippen LogP contribution in [-0.2, 0) is 6.54 Å². The Morgan fingerprint density at radius 3 is 2.77 bits per heavy atom. The number of amides is 1. The second-order valence-electron chi connectivity index (χ2n) is 7.52. The molecule has 0 spiro atoms. The Hall–Kier alpha value is -3.23. The van der Waals surface area contributed by atoms with Gasteiger partial charge in [0.1, 0.15) is 11.3 Å². The highest BCUT2D eigenvalue weighted by molar-refractivity contribution is 7.13. The summed E-state index contributed by atoms with van der Waals surface area (Å²) in [7, 11) is 1.68. The Morgan fingerprint density at radius 2 is 2.00 bits per heavy atom. The largest absolute Gasteiger partial charge is 0.497 e. The van der Waals surface area contributed by atoms with Crippen molar-refractivity contribution in [3.05, 3.63) is 71.4 Å². The quantitative estimate of drug-likeness (QED) is 0.483. The summed E-state index contributed by atoms with van der Waals surface area (Å²) in [5.74, 6) is 0.862. The summed E-state index contributed by atoms with van der Waals surface area (Å²) < 4.78 is 7.08. The van der Waals surface area contributed by atoms with Crippen LogP contribution in [0.15, 0.2) is 60.2 Å². The standard InChI is InChI=1S/C23H23N5O2S/c1-30-18-5-2-4-17(14-18)16-26-9-11-27(12-10-26)23(29)19-15-25-28-20(7-8-24-22(19)28)21-6-3-13-31-21/h2-8,13-15H,9-12,16H2,1H3. The fraction of sp³-hybridized carbons (Fsp3) is 0.261. The Balaban J connectivity index is 1.28. The molecule has 0 atom stereocenters. The van der Waals surface area contributed by atoms with E-state index >= 15 is 0 Å². The molecule has 1 aromatic carbocycles. The highest BCUT2D eigenvalue weighted by Gasteiger charge is 2.25. The predicted octanol–water partition coefficient (Wildman–Crippen LogP) is 3.42. The average Bonchev–Trinajstić information content (AvgIpc) is 3.49. The fourth-order valence-corrected chi connectivity index (χ4v) is 4.70. The van der Waals surface area contributed by atoms with Crippen LogP contribution in [0.5, 0.6) is 5.75 Å². The molecule has 0 saturated carbocycles. The number of hydrogen-bond donors (Lipinski definition) is 0. The van der Waals surface area contributed by atoms with Crippen molar-refractivity contribution in [2.45, 2.75) is 6.54 Å². The van der Waals surface area contributed by atoms with E-state index in [1.165, 1.54) is 5.56 Å². The molecular formula is C23H23N5O2S. The zero-order chi connectivity index (χ0) is 21.2. The molecule has 0 unspecified atom stereocenters. The lowest BCUT2D eigenvalue weighted by atomic mass is 10.1. The molecular weight excluding hydrogens is 410 g/mol. The van der Waals surface area contributed by atoms with Crippen molar-refractivity contribution in [2.75, 3.05) is 33.3 Å². The molecule has 1 fully saturated rings. The average molecular weight is 434 g/mol. The van der Waals surface area contributed by atoms with Crippen LogP contribution in [0.3, 0.4) is 0 Å². The fourth-order valence-electron chi connectivity index (χ4n) is 3.96. The summed E-state index contributed by atoms with van der Waals surface area (Å²) >= 11 is 1.64. The van der Waals surface area contributed by atoms with Crippen LogP contribution >= 0.6 is 11.3 Å². The number of nitrogens with zero attached hydrogens (tertiary/aromatic N) is 5. The zero-order valence-electron chi connectivity index (χ0n) is 17.3. The SMILES string of the molecule is COc1cccc(CN2CCN(C(=O)c3cnn4c(-c5cccs5)ccnc34)CC2)c1. The summed E-state index contributed by atoms with van der Waals surface area (Å²) in [6.07, 6.45) is 3.39. The number of aromatic nitrogens is 3. The molecule has 0 radical (unpaired) electrons. The number of thiophene rings is 1. The highest BCUT2D eigenvalue weighted by Crippen LogP contribution is 2.26. The van der Waals surface area contributed by atoms with Crippen LogP contribution in [0.4, 0.5) is 0 Å². The molecule has 7 nitrogen and oxygen atoms in total. The second-order valence-corrected chi connectivity index (χ2v) is 8.47. The Bertz CT molecular complexity index is 1200. The van der Waals surface area contributed by atoms with E-state index in [1.54, 1.807) is 35.4 Å². The van der Waals surface area contributed by atoms with E-state index in [9.17, 15) is 4.79 Å². The van der Waals surface area contributed by atoms with Crippen LogP contribution in [-0.4, -0.2) is 63.6 Å². The van der Waals surface area contributed by atoms with Crippen molar-refractivity contribution in [1.82, 2.24) is 24.4 Å². The number of piperazine rings is 1. The molecule has 1 aliphatic rings. The maximum absolute atomic E-state index is 13.2. The third-order valence-corrected chi connectivity index (χ3v) is 6.50. The van der Waals surface area contributed by atoms with Gasteiger partial charge in [0.25, 0.3) is 5.91 Å². The summed E-state index contributed by atoms with van der Waals surface area (Å²) in [6.45, 7) is 3.88. The minimum absolute atomic E-state index is 0.00754. The maximum atomic E-state index is 13.2. The van der Waals surface area contributed by atoms with Gasteiger partial charge in [-0.15, -0.1) is 11.3 Å². The van der Waals surface area contributed by atoms with Crippen LogP contribution in [0.1, 0.15) is 15.9 Å². The minimum Gasteiger partial charge on any atom is -0.497 e. The van der Waals surface area contributed by atoms with Crippen molar-refractivity contribution in [3.63, 3.8) is 0 Å². The van der Waals surface area contributed by atoms with Crippen LogP contribution in [0, 0.1) is 0 Å². The topological polar surface area (TPSA) is 63.0 Å². The molecule has 1 saturated heterocycles. The second kappa shape index (κ2) is 8.49. The maximum Gasteiger partial charge on any atom is 0.259 e. The van der Waals surface area contributed by atoms with Crippen molar-refractivity contribution >= 4 is 22.9 Å². The number of hydrogen-bond acceptors (Lipinski definition) is 6. The molecule has 158 valence electrons. The van der Waals surface area contributed by atoms with Gasteiger partial charge in [0.15, 0.2) is 5.65 Å². The van der Waals surface area contributed by atoms with Gasteiger partial charge in [0.05, 0.1) is 23.9 Å². The van der Waals surface area contributed by atoms with Crippen molar-refractivity contribution in [1.29, 1.82) is 0 Å². The number of fused-ring (bicyclic) bond motifs is 1. The van der Waals surface area contributed by atoms with Gasteiger partial charge in [-0.3, -0.25) is 9.69 Å². The van der Waals surface area contributed by atoms with E-state index in [-0.39, 0.29) is 5.91 Å². The van der Waals surface area contributed by atoms with Gasteiger partial charge in [-0.05, 0) is 35.2 Å². The number of carbonyl (C=O) groups is 1. The molecule has 1 amide bonds. The summed E-state index contributed by atoms with van der Waals surface area (Å²) in [6, 6.07) is 14.1. The molecule has 4 heterocycles. The Morgan fingerprint density at radius 1 is 1.13 bits per heavy atom. The number of carbonyl (C=O) groups excluding carboxylic acids is 1. The number of methoxy groups -OCH3 is 1. The smallest absolute Gasteiger partial charge is 0.259 e. The van der Waals surface area contributed by atoms with E-state index < -0.39 is 0 Å². The normalized spacial score (nSPS) is 14.8. The summed E-state index contributed by atoms with van der Waals surface area (Å²) in [5.41, 5.74) is 3.32. The molecule has 5 rings (SSSR count). The molecule has 1 aliphatic heterocycles. The first kappa shape index (κ1) is 19.7. The zero-order valence-corrected chi connectivity index (χ0v) is 18.1. The van der Waals surface area contributed by atoms with Crippen molar-refractivity contribution in [2.24, 2.45) is 0 Å². The molecule has 8 heteroatoms. The number of ether oxygens (including phenoxy) is 1. The van der Waals surface area contributed by atoms with Crippen LogP contribution in [0.2, 0.25) is 0 Å². The van der Waals surface area contributed by atoms with E-state index in [2.05, 4.69) is 27.1 Å². The molecule has 3 aromatic heterocycles. The first-order chi connectivity index (χ1) is 15.2. The van der Waals surface area contributed by atoms with E-state index in [4.69, 9.17) is 4.74 Å². The first-order valence-corrected chi connectivity index (χ1v) is 11.1. The van der Waals surface area contributed by atoms with Gasteiger partial charge >= 0.3 is 0 Å². The molecule has 4 aromatic rings. The lowest BCUT2D eigenvalue weighted by molar-refractivity contribution is 0.0630. The van der Waals surface area contributed by atoms with Gasteiger partial charge < -0.3 is 9.64 Å². The Labute approximate surface area is 184 Å². The number of rotatable bonds is 5. The lowest BCUT2D eigenvalue weighted by Crippen LogP contribution is -2.48. The minimum atomic E-state index is -0.00754. The van der Waals surface area contributed by atoms with Crippen molar-refractivity contribution < 1.29 is 9.53 Å². The summed E-state index contributed by atoms with van der Waals surface area (Å²) in [5, 5.41) is 6.50. The van der Waals surface area contributed by atoms with Gasteiger partial charge in [0, 0.05) is 38.9 Å². The molecule has 0 bridgehead atoms. The lowest BCUT2D eigenvalue weighted by Gasteiger charge is -2.34. The highest BCUT2D eigenvalue weighted by atomic mass is 32.1. The summed E-state index contributed by atoms with van der Waals surface area (Å²) in [4.78, 5) is 23.0. The van der Waals surface area contributed by atoms with Gasteiger partial charge in [0.2, 0.25) is 0 Å². The monoisotopic (exact) mass is 433 g/mol. The predicted molar refractivity (Wildman–Crippen MR) is 120 cm³/mol. The third-order valence-electron chi connectivity index (χ3n) is 5.61. The van der Waals surface area contributed by atoms with E-state index in [0.29, 0.717) is 24.3 Å². The van der Waals surface area contributed by atoms with E-state index in [1.807, 2.05) is 40.6 Å². The molecule has 0 N–H and O–H groups in total. The van der Waals surface area contributed by atoms with Crippen LogP contribution in [0.25, 0.3) is 16.2 Å².